The molecule has 0 saturated carbocycles. The van der Waals surface area contributed by atoms with Crippen LogP contribution in [0.1, 0.15) is 0 Å². The number of hydrogen-bond acceptors (Lipinski definition) is 3. The lowest BCUT2D eigenvalue weighted by atomic mass is 9.91. The predicted octanol–water partition coefficient (Wildman–Crippen LogP) is 13.3. The highest BCUT2D eigenvalue weighted by Gasteiger charge is 2.22. The first-order valence-corrected chi connectivity index (χ1v) is 16.6. The third kappa shape index (κ3) is 4.35. The highest BCUT2D eigenvalue weighted by molar-refractivity contribution is 6.18. The van der Waals surface area contributed by atoms with Gasteiger partial charge in [0.05, 0.1) is 12.1 Å². The SMILES string of the molecule is [C-]#[N+]c1ccc(-c2ccc(-c3ccc(-c4ccc(-c5c6oc7ccccc7c6nc6c5oc5ccccc56)cc4)c4ccccc34)cc2)cc1. The van der Waals surface area contributed by atoms with E-state index in [9.17, 15) is 0 Å². The zero-order valence-electron chi connectivity index (χ0n) is 26.7. The Labute approximate surface area is 287 Å². The summed E-state index contributed by atoms with van der Waals surface area (Å²) in [5.41, 5.74) is 14.2. The fraction of sp³-hybridized carbons (Fsp3) is 0. The van der Waals surface area contributed by atoms with Crippen molar-refractivity contribution in [3.63, 3.8) is 0 Å². The van der Waals surface area contributed by atoms with E-state index in [0.29, 0.717) is 5.69 Å². The van der Waals surface area contributed by atoms with Crippen LogP contribution in [0.15, 0.2) is 167 Å². The average Bonchev–Trinajstić information content (AvgIpc) is 3.75. The molecule has 232 valence electrons. The highest BCUT2D eigenvalue weighted by atomic mass is 16.3. The van der Waals surface area contributed by atoms with Gasteiger partial charge in [-0.25, -0.2) is 9.83 Å². The Bertz CT molecular complexity index is 2870. The quantitative estimate of drug-likeness (QED) is 0.180. The van der Waals surface area contributed by atoms with Gasteiger partial charge in [-0.1, -0.05) is 133 Å². The van der Waals surface area contributed by atoms with Crippen molar-refractivity contribution < 1.29 is 8.83 Å². The molecular formula is C46H26N2O2. The van der Waals surface area contributed by atoms with Crippen LogP contribution >= 0.6 is 0 Å². The maximum absolute atomic E-state index is 7.23. The van der Waals surface area contributed by atoms with E-state index >= 15 is 0 Å². The van der Waals surface area contributed by atoms with E-state index in [-0.39, 0.29) is 0 Å². The molecule has 0 aliphatic heterocycles. The molecule has 7 aromatic carbocycles. The van der Waals surface area contributed by atoms with Crippen LogP contribution in [-0.4, -0.2) is 4.98 Å². The van der Waals surface area contributed by atoms with Crippen molar-refractivity contribution in [2.24, 2.45) is 0 Å². The zero-order valence-corrected chi connectivity index (χ0v) is 26.7. The molecule has 0 amide bonds. The largest absolute Gasteiger partial charge is 0.454 e. The third-order valence-electron chi connectivity index (χ3n) is 9.75. The fourth-order valence-electron chi connectivity index (χ4n) is 7.29. The van der Waals surface area contributed by atoms with Crippen molar-refractivity contribution in [2.75, 3.05) is 0 Å². The van der Waals surface area contributed by atoms with Gasteiger partial charge in [0.15, 0.2) is 16.9 Å². The van der Waals surface area contributed by atoms with Crippen molar-refractivity contribution in [3.05, 3.63) is 169 Å². The van der Waals surface area contributed by atoms with Crippen LogP contribution in [0.3, 0.4) is 0 Å². The van der Waals surface area contributed by atoms with Gasteiger partial charge in [0.2, 0.25) is 0 Å². The maximum Gasteiger partial charge on any atom is 0.187 e. The van der Waals surface area contributed by atoms with E-state index < -0.39 is 0 Å². The van der Waals surface area contributed by atoms with E-state index in [2.05, 4.69) is 102 Å². The van der Waals surface area contributed by atoms with Gasteiger partial charge >= 0.3 is 0 Å². The molecule has 0 bridgehead atoms. The van der Waals surface area contributed by atoms with Crippen molar-refractivity contribution in [1.29, 1.82) is 0 Å². The molecule has 0 atom stereocenters. The van der Waals surface area contributed by atoms with Crippen molar-refractivity contribution >= 4 is 60.6 Å². The van der Waals surface area contributed by atoms with Gasteiger partial charge in [-0.2, -0.15) is 0 Å². The molecule has 50 heavy (non-hydrogen) atoms. The fourth-order valence-corrected chi connectivity index (χ4v) is 7.29. The van der Waals surface area contributed by atoms with Gasteiger partial charge in [-0.3, -0.25) is 0 Å². The first-order chi connectivity index (χ1) is 24.7. The van der Waals surface area contributed by atoms with Crippen LogP contribution in [0, 0.1) is 6.57 Å². The minimum Gasteiger partial charge on any atom is -0.454 e. The number of benzene rings is 7. The van der Waals surface area contributed by atoms with Crippen molar-refractivity contribution in [2.45, 2.75) is 0 Å². The molecule has 0 aliphatic rings. The summed E-state index contributed by atoms with van der Waals surface area (Å²) < 4.78 is 13.0. The van der Waals surface area contributed by atoms with Crippen LogP contribution in [0.2, 0.25) is 0 Å². The van der Waals surface area contributed by atoms with E-state index in [4.69, 9.17) is 20.4 Å². The summed E-state index contributed by atoms with van der Waals surface area (Å²) in [5, 5.41) is 4.37. The first-order valence-electron chi connectivity index (χ1n) is 16.6. The monoisotopic (exact) mass is 638 g/mol. The maximum atomic E-state index is 7.23. The van der Waals surface area contributed by atoms with Crippen molar-refractivity contribution in [3.8, 4) is 44.5 Å². The number of rotatable bonds is 4. The Balaban J connectivity index is 1.07. The second kappa shape index (κ2) is 11.1. The summed E-state index contributed by atoms with van der Waals surface area (Å²) in [6, 6.07) is 54.3. The number of fused-ring (bicyclic) bond motifs is 7. The summed E-state index contributed by atoms with van der Waals surface area (Å²) in [7, 11) is 0. The summed E-state index contributed by atoms with van der Waals surface area (Å²) >= 11 is 0. The Hall–Kier alpha value is -6.96. The molecule has 3 heterocycles. The average molecular weight is 639 g/mol. The van der Waals surface area contributed by atoms with Crippen LogP contribution < -0.4 is 0 Å². The number of nitrogens with zero attached hydrogens (tertiary/aromatic N) is 2. The van der Waals surface area contributed by atoms with Crippen LogP contribution in [0.5, 0.6) is 0 Å². The van der Waals surface area contributed by atoms with Crippen LogP contribution in [-0.2, 0) is 0 Å². The number of hydrogen-bond donors (Lipinski definition) is 0. The topological polar surface area (TPSA) is 43.5 Å². The van der Waals surface area contributed by atoms with Crippen LogP contribution in [0.4, 0.5) is 5.69 Å². The molecule has 4 heteroatoms. The van der Waals surface area contributed by atoms with E-state index in [1.54, 1.807) is 0 Å². The molecule has 0 fully saturated rings. The Kier molecular flexibility index (Phi) is 6.21. The number of pyridine rings is 1. The first kappa shape index (κ1) is 28.1. The molecule has 4 nitrogen and oxygen atoms in total. The van der Waals surface area contributed by atoms with E-state index in [1.165, 1.54) is 21.9 Å². The molecule has 0 radical (unpaired) electrons. The third-order valence-corrected chi connectivity index (χ3v) is 9.75. The lowest BCUT2D eigenvalue weighted by molar-refractivity contribution is 0.657. The van der Waals surface area contributed by atoms with Gasteiger partial charge < -0.3 is 8.83 Å². The molecule has 10 aromatic rings. The van der Waals surface area contributed by atoms with Gasteiger partial charge in [-0.05, 0) is 74.0 Å². The smallest absolute Gasteiger partial charge is 0.187 e. The molecular weight excluding hydrogens is 613 g/mol. The molecule has 10 rings (SSSR count). The van der Waals surface area contributed by atoms with Crippen LogP contribution in [0.25, 0.3) is 104 Å². The van der Waals surface area contributed by atoms with Gasteiger partial charge in [-0.15, -0.1) is 0 Å². The highest BCUT2D eigenvalue weighted by Crippen LogP contribution is 2.43. The molecule has 0 saturated heterocycles. The van der Waals surface area contributed by atoms with E-state index in [0.717, 1.165) is 77.5 Å². The second-order valence-corrected chi connectivity index (χ2v) is 12.6. The molecule has 3 aromatic heterocycles. The predicted molar refractivity (Wildman–Crippen MR) is 204 cm³/mol. The minimum absolute atomic E-state index is 0.649. The minimum atomic E-state index is 0.649. The summed E-state index contributed by atoms with van der Waals surface area (Å²) in [5.74, 6) is 0. The second-order valence-electron chi connectivity index (χ2n) is 12.6. The van der Waals surface area contributed by atoms with Gasteiger partial charge in [0.25, 0.3) is 0 Å². The Morgan fingerprint density at radius 3 is 1.28 bits per heavy atom. The Morgan fingerprint density at radius 2 is 0.800 bits per heavy atom. The number of aromatic nitrogens is 1. The lowest BCUT2D eigenvalue weighted by Crippen LogP contribution is -1.88. The van der Waals surface area contributed by atoms with Gasteiger partial charge in [0, 0.05) is 10.8 Å². The number of para-hydroxylation sites is 2. The summed E-state index contributed by atoms with van der Waals surface area (Å²) in [6.45, 7) is 7.23. The normalized spacial score (nSPS) is 11.6. The van der Waals surface area contributed by atoms with Gasteiger partial charge in [0.1, 0.15) is 22.2 Å². The Morgan fingerprint density at radius 1 is 0.400 bits per heavy atom. The molecule has 0 unspecified atom stereocenters. The summed E-state index contributed by atoms with van der Waals surface area (Å²) in [4.78, 5) is 8.61. The van der Waals surface area contributed by atoms with E-state index in [1.807, 2.05) is 60.7 Å². The standard InChI is InChI=1S/C46H26N2O2/c1-47-33-24-22-29(23-25-33)28-14-16-30(17-15-28)34-26-27-35(37-9-3-2-8-36(34)37)31-18-20-32(21-19-31)42-45-43(38-10-4-6-12-40(38)49-45)48-44-39-11-5-7-13-41(39)50-46(42)44/h2-27H. The molecule has 0 N–H and O–H groups in total. The number of furan rings is 2. The zero-order chi connectivity index (χ0) is 33.2. The summed E-state index contributed by atoms with van der Waals surface area (Å²) in [6.07, 6.45) is 0. The molecule has 0 aliphatic carbocycles. The van der Waals surface area contributed by atoms with Crippen molar-refractivity contribution in [1.82, 2.24) is 4.98 Å². The molecule has 0 spiro atoms. The lowest BCUT2D eigenvalue weighted by Gasteiger charge is -2.13.